The zero-order valence-corrected chi connectivity index (χ0v) is 18.9. The number of anilines is 2. The molecule has 0 aliphatic carbocycles. The highest BCUT2D eigenvalue weighted by molar-refractivity contribution is 7.92. The first-order valence-electron chi connectivity index (χ1n) is 9.58. The molecule has 0 radical (unpaired) electrons. The molecule has 3 rings (SSSR count). The fourth-order valence-corrected chi connectivity index (χ4v) is 4.38. The number of ether oxygens (including phenoxy) is 3. The van der Waals surface area contributed by atoms with Gasteiger partial charge in [-0.15, -0.1) is 0 Å². The van der Waals surface area contributed by atoms with Gasteiger partial charge >= 0.3 is 0 Å². The summed E-state index contributed by atoms with van der Waals surface area (Å²) in [6, 6.07) is 16.1. The monoisotopic (exact) mass is 456 g/mol. The van der Waals surface area contributed by atoms with E-state index < -0.39 is 15.9 Å². The molecule has 0 bridgehead atoms. The van der Waals surface area contributed by atoms with Crippen LogP contribution in [0.1, 0.15) is 15.9 Å². The normalized spacial score (nSPS) is 10.9. The van der Waals surface area contributed by atoms with E-state index in [1.165, 1.54) is 27.4 Å². The molecule has 0 heterocycles. The molecule has 0 aliphatic rings. The summed E-state index contributed by atoms with van der Waals surface area (Å²) >= 11 is 0. The summed E-state index contributed by atoms with van der Waals surface area (Å²) in [6.45, 7) is 1.66. The van der Waals surface area contributed by atoms with Gasteiger partial charge in [-0.1, -0.05) is 18.2 Å². The molecule has 0 atom stereocenters. The molecule has 0 saturated carbocycles. The predicted octanol–water partition coefficient (Wildman–Crippen LogP) is 4.07. The van der Waals surface area contributed by atoms with Crippen LogP contribution in [-0.4, -0.2) is 35.7 Å². The second-order valence-electron chi connectivity index (χ2n) is 6.84. The molecule has 32 heavy (non-hydrogen) atoms. The molecule has 0 saturated heterocycles. The van der Waals surface area contributed by atoms with Gasteiger partial charge in [-0.2, -0.15) is 0 Å². The van der Waals surface area contributed by atoms with E-state index in [1.54, 1.807) is 61.5 Å². The number of aryl methyl sites for hydroxylation is 1. The SMILES string of the molecule is COc1cc(NC(=O)c2ccc(C)c(S(=O)(=O)Nc3ccccc3OC)c2)cc(OC)c1. The highest BCUT2D eigenvalue weighted by atomic mass is 32.2. The van der Waals surface area contributed by atoms with E-state index in [-0.39, 0.29) is 10.5 Å². The third-order valence-electron chi connectivity index (χ3n) is 4.70. The number of methoxy groups -OCH3 is 3. The molecule has 3 aromatic rings. The summed E-state index contributed by atoms with van der Waals surface area (Å²) in [5, 5.41) is 2.74. The average Bonchev–Trinajstić information content (AvgIpc) is 2.78. The summed E-state index contributed by atoms with van der Waals surface area (Å²) < 4.78 is 44.3. The predicted molar refractivity (Wildman–Crippen MR) is 122 cm³/mol. The van der Waals surface area contributed by atoms with Crippen LogP contribution >= 0.6 is 0 Å². The van der Waals surface area contributed by atoms with Crippen molar-refractivity contribution in [3.05, 3.63) is 71.8 Å². The number of hydrogen-bond donors (Lipinski definition) is 2. The van der Waals surface area contributed by atoms with Crippen molar-refractivity contribution in [3.8, 4) is 17.2 Å². The number of carbonyl (C=O) groups is 1. The van der Waals surface area contributed by atoms with Crippen LogP contribution in [0.25, 0.3) is 0 Å². The number of hydrogen-bond acceptors (Lipinski definition) is 6. The van der Waals surface area contributed by atoms with Crippen molar-refractivity contribution in [2.45, 2.75) is 11.8 Å². The lowest BCUT2D eigenvalue weighted by molar-refractivity contribution is 0.102. The van der Waals surface area contributed by atoms with Crippen molar-refractivity contribution in [3.63, 3.8) is 0 Å². The summed E-state index contributed by atoms with van der Waals surface area (Å²) in [5.41, 5.74) is 1.42. The molecule has 8 nitrogen and oxygen atoms in total. The number of carbonyl (C=O) groups excluding carboxylic acids is 1. The van der Waals surface area contributed by atoms with Crippen LogP contribution in [0.15, 0.2) is 65.6 Å². The summed E-state index contributed by atoms with van der Waals surface area (Å²) in [5.74, 6) is 0.921. The Morgan fingerprint density at radius 2 is 1.50 bits per heavy atom. The summed E-state index contributed by atoms with van der Waals surface area (Å²) in [6.07, 6.45) is 0. The highest BCUT2D eigenvalue weighted by Crippen LogP contribution is 2.29. The van der Waals surface area contributed by atoms with Gasteiger partial charge < -0.3 is 19.5 Å². The van der Waals surface area contributed by atoms with Gasteiger partial charge in [0.15, 0.2) is 0 Å². The Morgan fingerprint density at radius 3 is 2.12 bits per heavy atom. The third-order valence-corrected chi connectivity index (χ3v) is 6.21. The Kier molecular flexibility index (Phi) is 6.89. The van der Waals surface area contributed by atoms with Crippen LogP contribution in [0.5, 0.6) is 17.2 Å². The molecule has 0 spiro atoms. The Bertz CT molecular complexity index is 1220. The quantitative estimate of drug-likeness (QED) is 0.530. The molecule has 168 valence electrons. The van der Waals surface area contributed by atoms with Crippen molar-refractivity contribution in [2.75, 3.05) is 31.4 Å². The maximum atomic E-state index is 13.1. The number of para-hydroxylation sites is 2. The van der Waals surface area contributed by atoms with Crippen LogP contribution in [0.4, 0.5) is 11.4 Å². The van der Waals surface area contributed by atoms with E-state index in [4.69, 9.17) is 14.2 Å². The van der Waals surface area contributed by atoms with E-state index in [1.807, 2.05) is 0 Å². The molecule has 0 fully saturated rings. The minimum atomic E-state index is -3.98. The Hall–Kier alpha value is -3.72. The van der Waals surface area contributed by atoms with E-state index in [0.29, 0.717) is 34.2 Å². The maximum absolute atomic E-state index is 13.1. The lowest BCUT2D eigenvalue weighted by Crippen LogP contribution is -2.17. The number of sulfonamides is 1. The largest absolute Gasteiger partial charge is 0.497 e. The van der Waals surface area contributed by atoms with Crippen molar-refractivity contribution in [1.29, 1.82) is 0 Å². The second-order valence-corrected chi connectivity index (χ2v) is 8.49. The number of rotatable bonds is 8. The molecule has 0 aromatic heterocycles. The Morgan fingerprint density at radius 1 is 0.844 bits per heavy atom. The first kappa shape index (κ1) is 23.0. The molecular weight excluding hydrogens is 432 g/mol. The standard InChI is InChI=1S/C23H24N2O6S/c1-15-9-10-16(23(26)24-17-12-18(29-2)14-19(13-17)30-3)11-22(15)32(27,28)25-20-7-5-6-8-21(20)31-4/h5-14,25H,1-4H3,(H,24,26). The van der Waals surface area contributed by atoms with Crippen molar-refractivity contribution >= 4 is 27.3 Å². The Balaban J connectivity index is 1.90. The molecule has 1 amide bonds. The van der Waals surface area contributed by atoms with Crippen LogP contribution in [0.3, 0.4) is 0 Å². The van der Waals surface area contributed by atoms with Crippen LogP contribution in [-0.2, 0) is 10.0 Å². The van der Waals surface area contributed by atoms with Crippen LogP contribution in [0, 0.1) is 6.92 Å². The molecule has 0 aliphatic heterocycles. The smallest absolute Gasteiger partial charge is 0.262 e. The molecule has 9 heteroatoms. The molecule has 0 unspecified atom stereocenters. The summed E-state index contributed by atoms with van der Waals surface area (Å²) in [7, 11) is 0.491. The van der Waals surface area contributed by atoms with Gasteiger partial charge in [0.05, 0.1) is 31.9 Å². The fourth-order valence-electron chi connectivity index (χ4n) is 3.04. The van der Waals surface area contributed by atoms with Gasteiger partial charge in [-0.3, -0.25) is 9.52 Å². The van der Waals surface area contributed by atoms with Gasteiger partial charge in [0.1, 0.15) is 17.2 Å². The number of nitrogens with one attached hydrogen (secondary N) is 2. The first-order chi connectivity index (χ1) is 15.3. The number of benzene rings is 3. The van der Waals surface area contributed by atoms with Gasteiger partial charge in [-0.25, -0.2) is 8.42 Å². The average molecular weight is 457 g/mol. The minimum absolute atomic E-state index is 0.0146. The third kappa shape index (κ3) is 5.12. The van der Waals surface area contributed by atoms with Gasteiger partial charge in [0.2, 0.25) is 0 Å². The highest BCUT2D eigenvalue weighted by Gasteiger charge is 2.21. The molecule has 2 N–H and O–H groups in total. The molecular formula is C23H24N2O6S. The zero-order chi connectivity index (χ0) is 23.3. The van der Waals surface area contributed by atoms with Crippen molar-refractivity contribution in [2.24, 2.45) is 0 Å². The lowest BCUT2D eigenvalue weighted by Gasteiger charge is -2.14. The molecule has 3 aromatic carbocycles. The minimum Gasteiger partial charge on any atom is -0.497 e. The topological polar surface area (TPSA) is 103 Å². The Labute approximate surface area is 187 Å². The van der Waals surface area contributed by atoms with Gasteiger partial charge in [0, 0.05) is 29.4 Å². The second kappa shape index (κ2) is 9.61. The zero-order valence-electron chi connectivity index (χ0n) is 18.1. The van der Waals surface area contributed by atoms with Crippen molar-refractivity contribution in [1.82, 2.24) is 0 Å². The summed E-state index contributed by atoms with van der Waals surface area (Å²) in [4.78, 5) is 12.8. The van der Waals surface area contributed by atoms with E-state index in [0.717, 1.165) is 0 Å². The van der Waals surface area contributed by atoms with E-state index in [2.05, 4.69) is 10.0 Å². The maximum Gasteiger partial charge on any atom is 0.262 e. The number of amides is 1. The van der Waals surface area contributed by atoms with E-state index in [9.17, 15) is 13.2 Å². The van der Waals surface area contributed by atoms with Gasteiger partial charge in [0.25, 0.3) is 15.9 Å². The first-order valence-corrected chi connectivity index (χ1v) is 11.1. The van der Waals surface area contributed by atoms with Crippen LogP contribution < -0.4 is 24.2 Å². The van der Waals surface area contributed by atoms with Crippen LogP contribution in [0.2, 0.25) is 0 Å². The van der Waals surface area contributed by atoms with Gasteiger partial charge in [-0.05, 0) is 36.8 Å². The van der Waals surface area contributed by atoms with Crippen molar-refractivity contribution < 1.29 is 27.4 Å². The lowest BCUT2D eigenvalue weighted by atomic mass is 10.1. The fraction of sp³-hybridized carbons (Fsp3) is 0.174. The van der Waals surface area contributed by atoms with E-state index >= 15 is 0 Å².